The summed E-state index contributed by atoms with van der Waals surface area (Å²) >= 11 is 0. The van der Waals surface area contributed by atoms with Crippen molar-refractivity contribution in [3.8, 4) is 11.5 Å². The van der Waals surface area contributed by atoms with Crippen molar-refractivity contribution < 1.29 is 29.3 Å². The van der Waals surface area contributed by atoms with Gasteiger partial charge in [-0.15, -0.1) is 0 Å². The fourth-order valence-corrected chi connectivity index (χ4v) is 4.54. The summed E-state index contributed by atoms with van der Waals surface area (Å²) in [5, 5.41) is 21.7. The van der Waals surface area contributed by atoms with E-state index >= 15 is 0 Å². The summed E-state index contributed by atoms with van der Waals surface area (Å²) in [4.78, 5) is 30.7. The van der Waals surface area contributed by atoms with Crippen LogP contribution in [0.1, 0.15) is 41.0 Å². The Labute approximate surface area is 187 Å². The topological polar surface area (TPSA) is 99.5 Å². The van der Waals surface area contributed by atoms with Gasteiger partial charge in [0.1, 0.15) is 5.75 Å². The molecule has 2 aliphatic heterocycles. The fourth-order valence-electron chi connectivity index (χ4n) is 4.54. The molecule has 4 rings (SSSR count). The number of phenols is 2. The Kier molecular flexibility index (Phi) is 6.64. The number of rotatable bonds is 5. The van der Waals surface area contributed by atoms with Gasteiger partial charge in [-0.3, -0.25) is 14.5 Å². The number of Topliss-reactive ketones (excluding diaryl/α,β-unsaturated/α-hetero) is 1. The molecule has 2 heterocycles. The van der Waals surface area contributed by atoms with E-state index in [0.29, 0.717) is 70.3 Å². The fraction of sp³-hybridized carbons (Fsp3) is 0.500. The van der Waals surface area contributed by atoms with Gasteiger partial charge < -0.3 is 24.6 Å². The van der Waals surface area contributed by atoms with Gasteiger partial charge in [-0.05, 0) is 26.3 Å². The minimum absolute atomic E-state index is 0.107. The number of ketones is 2. The number of hydrogen-bond acceptors (Lipinski definition) is 8. The Balaban J connectivity index is 1.76. The molecule has 1 aromatic rings. The number of fused-ring (bicyclic) bond motifs is 1. The van der Waals surface area contributed by atoms with E-state index in [4.69, 9.17) is 9.47 Å². The Morgan fingerprint density at radius 2 is 1.66 bits per heavy atom. The highest BCUT2D eigenvalue weighted by Gasteiger charge is 2.38. The van der Waals surface area contributed by atoms with Gasteiger partial charge in [0, 0.05) is 43.9 Å². The molecule has 1 atom stereocenters. The number of aromatic hydroxyl groups is 2. The van der Waals surface area contributed by atoms with Crippen molar-refractivity contribution in [2.75, 3.05) is 57.5 Å². The highest BCUT2D eigenvalue weighted by Crippen LogP contribution is 2.43. The third-order valence-corrected chi connectivity index (χ3v) is 6.23. The van der Waals surface area contributed by atoms with Crippen LogP contribution in [0.25, 0.3) is 0 Å². The van der Waals surface area contributed by atoms with Crippen molar-refractivity contribution in [3.05, 3.63) is 40.5 Å². The minimum Gasteiger partial charge on any atom is -0.507 e. The normalized spacial score (nSPS) is 20.6. The summed E-state index contributed by atoms with van der Waals surface area (Å²) in [6.45, 7) is 8.42. The first kappa shape index (κ1) is 22.5. The number of morpholine rings is 2. The molecule has 1 unspecified atom stereocenters. The third kappa shape index (κ3) is 4.30. The molecule has 2 N–H and O–H groups in total. The number of carbonyl (C=O) groups is 2. The van der Waals surface area contributed by atoms with Crippen molar-refractivity contribution in [3.63, 3.8) is 0 Å². The molecule has 1 aromatic carbocycles. The highest BCUT2D eigenvalue weighted by molar-refractivity contribution is 6.27. The zero-order valence-corrected chi connectivity index (χ0v) is 18.6. The van der Waals surface area contributed by atoms with Crippen LogP contribution in [0.15, 0.2) is 29.4 Å². The Hall–Kier alpha value is -2.68. The van der Waals surface area contributed by atoms with E-state index in [1.807, 2.05) is 18.7 Å². The second kappa shape index (κ2) is 9.44. The second-order valence-electron chi connectivity index (χ2n) is 8.59. The van der Waals surface area contributed by atoms with Crippen LogP contribution < -0.4 is 4.90 Å². The number of anilines is 1. The molecule has 0 radical (unpaired) electrons. The van der Waals surface area contributed by atoms with Crippen molar-refractivity contribution in [1.82, 2.24) is 4.90 Å². The first-order valence-corrected chi connectivity index (χ1v) is 11.1. The molecule has 32 heavy (non-hydrogen) atoms. The number of benzene rings is 1. The second-order valence-corrected chi connectivity index (χ2v) is 8.59. The van der Waals surface area contributed by atoms with Gasteiger partial charge in [-0.1, -0.05) is 11.6 Å². The lowest BCUT2D eigenvalue weighted by Gasteiger charge is -2.36. The summed E-state index contributed by atoms with van der Waals surface area (Å²) in [5.74, 6) is -1.43. The van der Waals surface area contributed by atoms with E-state index < -0.39 is 11.6 Å². The number of phenolic OH excluding ortho intramolecular Hbond substituents is 2. The Morgan fingerprint density at radius 3 is 2.28 bits per heavy atom. The molecule has 0 spiro atoms. The van der Waals surface area contributed by atoms with Crippen molar-refractivity contribution in [1.29, 1.82) is 0 Å². The molecule has 3 aliphatic rings. The maximum atomic E-state index is 13.7. The van der Waals surface area contributed by atoms with Crippen LogP contribution in [0.3, 0.4) is 0 Å². The van der Waals surface area contributed by atoms with Gasteiger partial charge in [0.15, 0.2) is 17.3 Å². The zero-order chi connectivity index (χ0) is 22.8. The highest BCUT2D eigenvalue weighted by atomic mass is 16.5. The van der Waals surface area contributed by atoms with Gasteiger partial charge in [0.05, 0.1) is 43.2 Å². The van der Waals surface area contributed by atoms with Crippen molar-refractivity contribution in [2.24, 2.45) is 0 Å². The van der Waals surface area contributed by atoms with E-state index in [-0.39, 0.29) is 28.7 Å². The first-order valence-electron chi connectivity index (χ1n) is 11.1. The van der Waals surface area contributed by atoms with Crippen LogP contribution in [0.5, 0.6) is 11.5 Å². The van der Waals surface area contributed by atoms with Gasteiger partial charge in [0.25, 0.3) is 0 Å². The van der Waals surface area contributed by atoms with Crippen LogP contribution in [0, 0.1) is 0 Å². The van der Waals surface area contributed by atoms with Gasteiger partial charge in [-0.25, -0.2) is 0 Å². The molecule has 1 aliphatic carbocycles. The standard InChI is InChI=1S/C24H30N2O6/c1-15(2)3-4-17(25-5-9-31-10-6-25)16-13-19(27)21-20(28)14-18(24(30)22(21)23(16)29)26-7-11-32-12-8-26/h3,13-14,17,28,30H,4-12H2,1-2H3. The molecule has 2 fully saturated rings. The smallest absolute Gasteiger partial charge is 0.195 e. The predicted octanol–water partition coefficient (Wildman–Crippen LogP) is 2.30. The zero-order valence-electron chi connectivity index (χ0n) is 18.6. The predicted molar refractivity (Wildman–Crippen MR) is 120 cm³/mol. The number of hydrogen-bond donors (Lipinski definition) is 2. The number of carbonyl (C=O) groups excluding carboxylic acids is 2. The average Bonchev–Trinajstić information content (AvgIpc) is 2.79. The number of nitrogens with zero attached hydrogens (tertiary/aromatic N) is 2. The van der Waals surface area contributed by atoms with Crippen LogP contribution in [-0.4, -0.2) is 85.3 Å². The Morgan fingerprint density at radius 1 is 1.03 bits per heavy atom. The van der Waals surface area contributed by atoms with Crippen LogP contribution in [0.4, 0.5) is 5.69 Å². The van der Waals surface area contributed by atoms with Crippen molar-refractivity contribution >= 4 is 17.3 Å². The quantitative estimate of drug-likeness (QED) is 0.529. The molecule has 8 heteroatoms. The monoisotopic (exact) mass is 442 g/mol. The van der Waals surface area contributed by atoms with E-state index in [9.17, 15) is 19.8 Å². The molecule has 0 aromatic heterocycles. The summed E-state index contributed by atoms with van der Waals surface area (Å²) in [7, 11) is 0. The first-order chi connectivity index (χ1) is 15.4. The maximum absolute atomic E-state index is 13.7. The molecule has 0 saturated carbocycles. The summed E-state index contributed by atoms with van der Waals surface area (Å²) in [6, 6.07) is 1.05. The largest absolute Gasteiger partial charge is 0.507 e. The van der Waals surface area contributed by atoms with E-state index in [2.05, 4.69) is 11.0 Å². The van der Waals surface area contributed by atoms with Crippen LogP contribution in [0.2, 0.25) is 0 Å². The van der Waals surface area contributed by atoms with E-state index in [0.717, 1.165) is 5.57 Å². The summed E-state index contributed by atoms with van der Waals surface area (Å²) in [6.07, 6.45) is 3.95. The van der Waals surface area contributed by atoms with Crippen LogP contribution >= 0.6 is 0 Å². The molecule has 8 nitrogen and oxygen atoms in total. The average molecular weight is 443 g/mol. The minimum atomic E-state index is -0.466. The van der Waals surface area contributed by atoms with E-state index in [1.54, 1.807) is 0 Å². The molecular formula is C24H30N2O6. The summed E-state index contributed by atoms with van der Waals surface area (Å²) in [5.41, 5.74) is 1.57. The SMILES string of the molecule is CC(C)=CCC(C1=CC(=O)c2c(O)cc(N3CCOCC3)c(O)c2C1=O)N1CCOCC1. The molecular weight excluding hydrogens is 412 g/mol. The van der Waals surface area contributed by atoms with Crippen molar-refractivity contribution in [2.45, 2.75) is 26.3 Å². The van der Waals surface area contributed by atoms with Gasteiger partial charge in [0.2, 0.25) is 0 Å². The molecule has 0 amide bonds. The molecule has 2 saturated heterocycles. The van der Waals surface area contributed by atoms with Crippen LogP contribution in [-0.2, 0) is 9.47 Å². The lowest BCUT2D eigenvalue weighted by atomic mass is 9.83. The third-order valence-electron chi connectivity index (χ3n) is 6.23. The van der Waals surface area contributed by atoms with E-state index in [1.165, 1.54) is 12.1 Å². The lowest BCUT2D eigenvalue weighted by molar-refractivity contribution is 0.0235. The molecule has 172 valence electrons. The summed E-state index contributed by atoms with van der Waals surface area (Å²) < 4.78 is 10.8. The maximum Gasteiger partial charge on any atom is 0.195 e. The number of allylic oxidation sites excluding steroid dienone is 2. The number of ether oxygens (including phenoxy) is 2. The lowest BCUT2D eigenvalue weighted by Crippen LogP contribution is -2.46. The molecule has 0 bridgehead atoms. The van der Waals surface area contributed by atoms with Gasteiger partial charge >= 0.3 is 0 Å². The Bertz CT molecular complexity index is 967. The van der Waals surface area contributed by atoms with Gasteiger partial charge in [-0.2, -0.15) is 0 Å².